The molecule has 0 aromatic carbocycles. The van der Waals surface area contributed by atoms with E-state index in [0.29, 0.717) is 6.04 Å². The smallest absolute Gasteiger partial charge is 0.0703 e. The van der Waals surface area contributed by atoms with E-state index in [1.807, 2.05) is 6.20 Å². The summed E-state index contributed by atoms with van der Waals surface area (Å²) >= 11 is 0. The fraction of sp³-hybridized carbons (Fsp3) is 0.800. The first-order chi connectivity index (χ1) is 9.31. The minimum absolute atomic E-state index is 0.204. The molecule has 0 bridgehead atoms. The zero-order valence-corrected chi connectivity index (χ0v) is 11.9. The van der Waals surface area contributed by atoms with Gasteiger partial charge in [0.1, 0.15) is 0 Å². The zero-order chi connectivity index (χ0) is 13.1. The number of nitrogens with one attached hydrogen (secondary N) is 1. The summed E-state index contributed by atoms with van der Waals surface area (Å²) in [5.74, 6) is 0. The summed E-state index contributed by atoms with van der Waals surface area (Å²) in [5.41, 5.74) is 1.50. The SMILES string of the molecule is CCCNCc1cnn(C2CCOC3(CCC3)C2)c1. The molecule has 1 unspecified atom stereocenters. The van der Waals surface area contributed by atoms with Crippen molar-refractivity contribution >= 4 is 0 Å². The molecule has 3 rings (SSSR count). The largest absolute Gasteiger partial charge is 0.375 e. The lowest BCUT2D eigenvalue weighted by Gasteiger charge is -2.47. The van der Waals surface area contributed by atoms with Gasteiger partial charge >= 0.3 is 0 Å². The van der Waals surface area contributed by atoms with Crippen molar-refractivity contribution in [2.24, 2.45) is 0 Å². The monoisotopic (exact) mass is 263 g/mol. The third kappa shape index (κ3) is 2.84. The van der Waals surface area contributed by atoms with Crippen molar-refractivity contribution in [3.63, 3.8) is 0 Å². The minimum atomic E-state index is 0.204. The molecule has 1 aliphatic heterocycles. The van der Waals surface area contributed by atoms with Crippen LogP contribution in [-0.2, 0) is 11.3 Å². The number of hydrogen-bond acceptors (Lipinski definition) is 3. The van der Waals surface area contributed by atoms with E-state index in [4.69, 9.17) is 4.74 Å². The number of aromatic nitrogens is 2. The van der Waals surface area contributed by atoms with Gasteiger partial charge in [0.05, 0.1) is 17.8 Å². The standard InChI is InChI=1S/C15H25N3O/c1-2-7-16-10-13-11-17-18(12-13)14-4-8-19-15(9-14)5-3-6-15/h11-12,14,16H,2-10H2,1H3. The number of hydrogen-bond donors (Lipinski definition) is 1. The van der Waals surface area contributed by atoms with Crippen molar-refractivity contribution in [3.05, 3.63) is 18.0 Å². The third-order valence-corrected chi connectivity index (χ3v) is 4.52. The highest BCUT2D eigenvalue weighted by Crippen LogP contribution is 2.45. The first-order valence-electron chi connectivity index (χ1n) is 7.69. The Morgan fingerprint density at radius 3 is 3.16 bits per heavy atom. The van der Waals surface area contributed by atoms with Crippen molar-refractivity contribution in [2.45, 2.75) is 63.6 Å². The van der Waals surface area contributed by atoms with E-state index >= 15 is 0 Å². The van der Waals surface area contributed by atoms with Crippen LogP contribution in [0.1, 0.15) is 57.1 Å². The molecular weight excluding hydrogens is 238 g/mol. The lowest BCUT2D eigenvalue weighted by molar-refractivity contribution is -0.141. The van der Waals surface area contributed by atoms with Crippen LogP contribution in [0.25, 0.3) is 0 Å². The van der Waals surface area contributed by atoms with Gasteiger partial charge in [-0.25, -0.2) is 0 Å². The molecule has 2 fully saturated rings. The molecule has 106 valence electrons. The van der Waals surface area contributed by atoms with Gasteiger partial charge in [0, 0.05) is 24.9 Å². The fourth-order valence-electron chi connectivity index (χ4n) is 3.23. The highest BCUT2D eigenvalue weighted by atomic mass is 16.5. The van der Waals surface area contributed by atoms with Crippen molar-refractivity contribution < 1.29 is 4.74 Å². The second-order valence-corrected chi connectivity index (χ2v) is 6.04. The Hall–Kier alpha value is -0.870. The average Bonchev–Trinajstić information content (AvgIpc) is 2.86. The van der Waals surface area contributed by atoms with Crippen LogP contribution < -0.4 is 5.32 Å². The van der Waals surface area contributed by atoms with Gasteiger partial charge < -0.3 is 10.1 Å². The van der Waals surface area contributed by atoms with Crippen LogP contribution in [0.4, 0.5) is 0 Å². The summed E-state index contributed by atoms with van der Waals surface area (Å²) < 4.78 is 8.16. The predicted octanol–water partition coefficient (Wildman–Crippen LogP) is 2.66. The molecule has 1 saturated carbocycles. The molecule has 1 aliphatic carbocycles. The first kappa shape index (κ1) is 13.1. The summed E-state index contributed by atoms with van der Waals surface area (Å²) in [6, 6.07) is 0.536. The van der Waals surface area contributed by atoms with E-state index in [1.165, 1.54) is 31.2 Å². The highest BCUT2D eigenvalue weighted by Gasteiger charge is 2.43. The van der Waals surface area contributed by atoms with Crippen LogP contribution in [0.2, 0.25) is 0 Å². The molecule has 1 atom stereocenters. The Kier molecular flexibility index (Phi) is 3.89. The van der Waals surface area contributed by atoms with Gasteiger partial charge in [0.2, 0.25) is 0 Å². The molecule has 19 heavy (non-hydrogen) atoms. The van der Waals surface area contributed by atoms with Gasteiger partial charge in [-0.2, -0.15) is 5.10 Å². The van der Waals surface area contributed by atoms with Crippen LogP contribution in [-0.4, -0.2) is 28.5 Å². The van der Waals surface area contributed by atoms with Gasteiger partial charge in [-0.3, -0.25) is 4.68 Å². The maximum absolute atomic E-state index is 5.99. The molecular formula is C15H25N3O. The molecule has 4 nitrogen and oxygen atoms in total. The fourth-order valence-corrected chi connectivity index (χ4v) is 3.23. The van der Waals surface area contributed by atoms with Crippen molar-refractivity contribution in [2.75, 3.05) is 13.2 Å². The molecule has 0 radical (unpaired) electrons. The normalized spacial score (nSPS) is 25.4. The zero-order valence-electron chi connectivity index (χ0n) is 11.9. The van der Waals surface area contributed by atoms with E-state index in [9.17, 15) is 0 Å². The summed E-state index contributed by atoms with van der Waals surface area (Å²) in [6.45, 7) is 5.10. The quantitative estimate of drug-likeness (QED) is 0.830. The molecule has 0 amide bonds. The maximum atomic E-state index is 5.99. The molecule has 1 aromatic rings. The molecule has 2 aliphatic rings. The Morgan fingerprint density at radius 2 is 2.42 bits per heavy atom. The summed E-state index contributed by atoms with van der Waals surface area (Å²) in [7, 11) is 0. The maximum Gasteiger partial charge on any atom is 0.0703 e. The summed E-state index contributed by atoms with van der Waals surface area (Å²) in [6.07, 6.45) is 11.5. The second-order valence-electron chi connectivity index (χ2n) is 6.04. The van der Waals surface area contributed by atoms with Gasteiger partial charge in [-0.15, -0.1) is 0 Å². The predicted molar refractivity (Wildman–Crippen MR) is 75.0 cm³/mol. The molecule has 1 aromatic heterocycles. The Morgan fingerprint density at radius 1 is 1.53 bits per heavy atom. The Labute approximate surface area is 115 Å². The number of nitrogens with zero attached hydrogens (tertiary/aromatic N) is 2. The van der Waals surface area contributed by atoms with Crippen LogP contribution in [0.5, 0.6) is 0 Å². The molecule has 1 N–H and O–H groups in total. The highest BCUT2D eigenvalue weighted by molar-refractivity contribution is 5.05. The molecule has 1 spiro atoms. The van der Waals surface area contributed by atoms with Crippen molar-refractivity contribution in [1.82, 2.24) is 15.1 Å². The number of rotatable bonds is 5. The number of ether oxygens (including phenoxy) is 1. The van der Waals surface area contributed by atoms with E-state index in [2.05, 4.69) is 28.2 Å². The van der Waals surface area contributed by atoms with Gasteiger partial charge in [0.15, 0.2) is 0 Å². The van der Waals surface area contributed by atoms with Crippen molar-refractivity contribution in [3.8, 4) is 0 Å². The van der Waals surface area contributed by atoms with Gasteiger partial charge in [0.25, 0.3) is 0 Å². The van der Waals surface area contributed by atoms with Crippen molar-refractivity contribution in [1.29, 1.82) is 0 Å². The van der Waals surface area contributed by atoms with E-state index < -0.39 is 0 Å². The average molecular weight is 263 g/mol. The second kappa shape index (κ2) is 5.63. The van der Waals surface area contributed by atoms with E-state index in [1.54, 1.807) is 0 Å². The molecule has 2 heterocycles. The van der Waals surface area contributed by atoms with E-state index in [-0.39, 0.29) is 5.60 Å². The Balaban J connectivity index is 1.59. The van der Waals surface area contributed by atoms with Crippen LogP contribution in [0.15, 0.2) is 12.4 Å². The summed E-state index contributed by atoms with van der Waals surface area (Å²) in [4.78, 5) is 0. The van der Waals surface area contributed by atoms with E-state index in [0.717, 1.165) is 32.5 Å². The lowest BCUT2D eigenvalue weighted by Crippen LogP contribution is -2.46. The van der Waals surface area contributed by atoms with Crippen LogP contribution in [0, 0.1) is 0 Å². The summed E-state index contributed by atoms with van der Waals surface area (Å²) in [5, 5.41) is 7.99. The third-order valence-electron chi connectivity index (χ3n) is 4.52. The Bertz CT molecular complexity index is 411. The van der Waals surface area contributed by atoms with Crippen LogP contribution in [0.3, 0.4) is 0 Å². The molecule has 1 saturated heterocycles. The topological polar surface area (TPSA) is 39.1 Å². The van der Waals surface area contributed by atoms with Gasteiger partial charge in [-0.05, 0) is 45.1 Å². The van der Waals surface area contributed by atoms with Crippen LogP contribution >= 0.6 is 0 Å². The molecule has 4 heteroatoms. The van der Waals surface area contributed by atoms with Gasteiger partial charge in [-0.1, -0.05) is 6.92 Å². The first-order valence-corrected chi connectivity index (χ1v) is 7.69. The lowest BCUT2D eigenvalue weighted by atomic mass is 9.74. The minimum Gasteiger partial charge on any atom is -0.375 e.